The molecular weight excluding hydrogens is 753 g/mol. The van der Waals surface area contributed by atoms with Crippen LogP contribution in [0.1, 0.15) is 56.9 Å². The molecule has 55 heavy (non-hydrogen) atoms. The number of nitrogens with zero attached hydrogens (tertiary/aromatic N) is 10. The van der Waals surface area contributed by atoms with Crippen molar-refractivity contribution >= 4 is 58.6 Å². The fraction of sp³-hybridized carbons (Fsp3) is 0.576. The van der Waals surface area contributed by atoms with E-state index in [2.05, 4.69) is 51.6 Å². The fourth-order valence-corrected chi connectivity index (χ4v) is 6.11. The molecule has 0 radical (unpaired) electrons. The van der Waals surface area contributed by atoms with E-state index in [0.717, 1.165) is 34.3 Å². The Bertz CT molecular complexity index is 1810. The number of hydrogen-bond donors (Lipinski definition) is 4. The summed E-state index contributed by atoms with van der Waals surface area (Å²) >= 11 is 3.26. The maximum atomic E-state index is 12.5. The number of nitroso groups, excluding NO2 is 2. The van der Waals surface area contributed by atoms with Crippen LogP contribution in [0.4, 0.5) is 0 Å². The van der Waals surface area contributed by atoms with Gasteiger partial charge in [0.2, 0.25) is 29.0 Å². The van der Waals surface area contributed by atoms with E-state index in [1.54, 1.807) is 66.1 Å². The summed E-state index contributed by atoms with van der Waals surface area (Å²) in [6.45, 7) is 10.1. The normalized spacial score (nSPS) is 12.5. The molecule has 0 fully saturated rings. The Morgan fingerprint density at radius 3 is 1.62 bits per heavy atom. The number of aromatic nitrogens is 4. The number of aliphatic imine (C=N–C) groups is 2. The van der Waals surface area contributed by atoms with Crippen molar-refractivity contribution in [2.75, 3.05) is 38.7 Å². The van der Waals surface area contributed by atoms with Gasteiger partial charge < -0.3 is 19.8 Å². The molecule has 0 aliphatic carbocycles. The third-order valence-corrected chi connectivity index (χ3v) is 9.95. The molecular formula is C33H48N14O6S2. The van der Waals surface area contributed by atoms with E-state index in [1.165, 1.54) is 33.4 Å². The van der Waals surface area contributed by atoms with Crippen LogP contribution in [0.15, 0.2) is 33.0 Å². The van der Waals surface area contributed by atoms with E-state index in [9.17, 15) is 29.0 Å². The number of carbonyl (C=O) groups is 4. The summed E-state index contributed by atoms with van der Waals surface area (Å²) in [5.41, 5.74) is -0.198. The van der Waals surface area contributed by atoms with Gasteiger partial charge in [-0.3, -0.25) is 39.8 Å². The summed E-state index contributed by atoms with van der Waals surface area (Å²) in [7, 11) is 3.16. The van der Waals surface area contributed by atoms with Crippen LogP contribution >= 0.6 is 23.5 Å². The Morgan fingerprint density at radius 2 is 1.24 bits per heavy atom. The number of nitrogens with one attached hydrogen (secondary N) is 4. The van der Waals surface area contributed by atoms with Crippen LogP contribution in [-0.4, -0.2) is 104 Å². The van der Waals surface area contributed by atoms with Gasteiger partial charge >= 0.3 is 0 Å². The lowest BCUT2D eigenvalue weighted by molar-refractivity contribution is -0.139. The molecule has 0 saturated carbocycles. The molecule has 22 heteroatoms. The van der Waals surface area contributed by atoms with E-state index in [4.69, 9.17) is 10.5 Å². The van der Waals surface area contributed by atoms with E-state index in [0.29, 0.717) is 36.5 Å². The Morgan fingerprint density at radius 1 is 0.782 bits per heavy atom. The van der Waals surface area contributed by atoms with Crippen LogP contribution in [0.25, 0.3) is 0 Å². The number of imidazole rings is 2. The second kappa shape index (κ2) is 24.0. The first kappa shape index (κ1) is 47.5. The first-order valence-corrected chi connectivity index (χ1v) is 19.1. The molecule has 298 valence electrons. The molecule has 2 rings (SSSR count). The third-order valence-electron chi connectivity index (χ3n) is 8.01. The van der Waals surface area contributed by atoms with Gasteiger partial charge in [-0.2, -0.15) is 34.0 Å². The third kappa shape index (κ3) is 14.7. The van der Waals surface area contributed by atoms with Crippen molar-refractivity contribution in [1.82, 2.24) is 40.4 Å². The summed E-state index contributed by atoms with van der Waals surface area (Å²) in [6, 6.07) is 0. The Labute approximate surface area is 328 Å². The number of nitriles is 2. The minimum absolute atomic E-state index is 0.0706. The lowest BCUT2D eigenvalue weighted by atomic mass is 9.90. The predicted molar refractivity (Wildman–Crippen MR) is 211 cm³/mol. The van der Waals surface area contributed by atoms with Gasteiger partial charge in [-0.05, 0) is 39.8 Å². The molecule has 0 aliphatic rings. The molecule has 2 aromatic rings. The summed E-state index contributed by atoms with van der Waals surface area (Å²) in [5, 5.41) is 33.5. The van der Waals surface area contributed by atoms with Gasteiger partial charge in [0.1, 0.15) is 0 Å². The van der Waals surface area contributed by atoms with Gasteiger partial charge in [0.15, 0.2) is 29.5 Å². The number of thioether (sulfide) groups is 2. The van der Waals surface area contributed by atoms with Crippen molar-refractivity contribution in [3.8, 4) is 12.4 Å². The van der Waals surface area contributed by atoms with Gasteiger partial charge in [0.25, 0.3) is 0 Å². The van der Waals surface area contributed by atoms with Crippen molar-refractivity contribution in [3.05, 3.63) is 45.2 Å². The first-order chi connectivity index (χ1) is 26.1. The predicted octanol–water partition coefficient (Wildman–Crippen LogP) is 1.90. The molecule has 0 spiro atoms. The maximum Gasteiger partial charge on any atom is 0.230 e. The van der Waals surface area contributed by atoms with E-state index < -0.39 is 34.2 Å². The van der Waals surface area contributed by atoms with Crippen molar-refractivity contribution < 1.29 is 19.2 Å². The lowest BCUT2D eigenvalue weighted by Crippen LogP contribution is -2.43. The average molecular weight is 801 g/mol. The zero-order chi connectivity index (χ0) is 41.6. The summed E-state index contributed by atoms with van der Waals surface area (Å²) in [5.74, 6) is 1.08. The molecule has 20 nitrogen and oxygen atoms in total. The van der Waals surface area contributed by atoms with Gasteiger partial charge in [-0.25, -0.2) is 9.97 Å². The van der Waals surface area contributed by atoms with Gasteiger partial charge in [0, 0.05) is 68.0 Å². The van der Waals surface area contributed by atoms with Gasteiger partial charge in [-0.1, -0.05) is 12.1 Å². The largest absolute Gasteiger partial charge is 0.355 e. The maximum absolute atomic E-state index is 12.5. The molecule has 0 amide bonds. The summed E-state index contributed by atoms with van der Waals surface area (Å²) in [4.78, 5) is 86.6. The highest BCUT2D eigenvalue weighted by molar-refractivity contribution is 7.98. The molecule has 1 unspecified atom stereocenters. The van der Waals surface area contributed by atoms with Crippen LogP contribution < -0.4 is 21.3 Å². The van der Waals surface area contributed by atoms with E-state index in [1.807, 2.05) is 13.8 Å². The minimum atomic E-state index is -1.86. The highest BCUT2D eigenvalue weighted by Gasteiger charge is 2.41. The lowest BCUT2D eigenvalue weighted by Gasteiger charge is -2.18. The van der Waals surface area contributed by atoms with Crippen LogP contribution in [0.5, 0.6) is 0 Å². The van der Waals surface area contributed by atoms with E-state index in [-0.39, 0.29) is 19.5 Å². The number of hydrogen-bond acceptors (Lipinski definition) is 16. The molecule has 4 N–H and O–H groups in total. The van der Waals surface area contributed by atoms with Crippen LogP contribution in [0.2, 0.25) is 0 Å². The smallest absolute Gasteiger partial charge is 0.230 e. The Kier molecular flexibility index (Phi) is 20.8. The standard InChI is InChI=1S/C17H25N7O3S.C16H23N7O3S/c1-5-14(25)17(3,23-27)15(26)8-24-11-22-13(12(24)2)9-28-7-6-20-16(19-4)21-10-18;1-11-12(8-27-6-5-19-15(18-4)20-9-17)21-10-23(11)7-13(24)14(25)16(2,3)22-26/h11H,5-9H2,1-4H3,(H2,19,20,21);10H,5-8H2,1-4H3,(H2,18,19,20). The second-order valence-corrected chi connectivity index (χ2v) is 14.4. The number of guanidine groups is 2. The second-order valence-electron chi connectivity index (χ2n) is 12.2. The minimum Gasteiger partial charge on any atom is -0.355 e. The van der Waals surface area contributed by atoms with Crippen molar-refractivity contribution in [2.24, 2.45) is 20.3 Å². The summed E-state index contributed by atoms with van der Waals surface area (Å²) < 4.78 is 3.22. The SMILES string of the molecule is CCC(=O)C(C)(N=O)C(=O)Cn1cnc(CSCCNC(=NC)NC#N)c1C.CN=C(NC#N)NCCSCc1ncn(CC(=O)C(=O)C(C)(C)N=O)c1C. The highest BCUT2D eigenvalue weighted by atomic mass is 32.2. The number of rotatable bonds is 21. The fourth-order valence-electron chi connectivity index (χ4n) is 4.38. The van der Waals surface area contributed by atoms with Gasteiger partial charge in [0.05, 0.1) is 37.1 Å². The van der Waals surface area contributed by atoms with Crippen LogP contribution in [0, 0.1) is 46.6 Å². The average Bonchev–Trinajstić information content (AvgIpc) is 3.71. The zero-order valence-corrected chi connectivity index (χ0v) is 33.9. The number of Topliss-reactive ketones (excluding diaryl/α,β-unsaturated/α-hetero) is 4. The molecule has 0 saturated heterocycles. The molecule has 0 bridgehead atoms. The topological polar surface area (TPSA) is 283 Å². The molecule has 0 aliphatic heterocycles. The molecule has 2 aromatic heterocycles. The van der Waals surface area contributed by atoms with E-state index >= 15 is 0 Å². The van der Waals surface area contributed by atoms with Crippen LogP contribution in [-0.2, 0) is 43.8 Å². The zero-order valence-electron chi connectivity index (χ0n) is 32.3. The van der Waals surface area contributed by atoms with Crippen LogP contribution in [0.3, 0.4) is 0 Å². The quantitative estimate of drug-likeness (QED) is 0.0205. The molecule has 2 heterocycles. The monoisotopic (exact) mass is 800 g/mol. The Hall–Kier alpha value is -5.48. The molecule has 1 atom stereocenters. The van der Waals surface area contributed by atoms with Crippen molar-refractivity contribution in [2.45, 2.75) is 83.6 Å². The number of carbonyl (C=O) groups excluding carboxylic acids is 4. The summed E-state index contributed by atoms with van der Waals surface area (Å²) in [6.07, 6.45) is 6.70. The molecule has 0 aromatic carbocycles. The van der Waals surface area contributed by atoms with Crippen molar-refractivity contribution in [3.63, 3.8) is 0 Å². The van der Waals surface area contributed by atoms with Gasteiger partial charge in [-0.15, -0.1) is 9.81 Å². The highest BCUT2D eigenvalue weighted by Crippen LogP contribution is 2.20. The van der Waals surface area contributed by atoms with Crippen molar-refractivity contribution in [1.29, 1.82) is 10.5 Å². The number of ketones is 4. The first-order valence-electron chi connectivity index (χ1n) is 16.8. The Balaban J connectivity index is 0.000000550.